The highest BCUT2D eigenvalue weighted by Crippen LogP contribution is 2.42. The van der Waals surface area contributed by atoms with Gasteiger partial charge in [-0.2, -0.15) is 31.6 Å². The predicted molar refractivity (Wildman–Crippen MR) is 305 cm³/mol. The number of methoxy groups -OCH3 is 2. The highest BCUT2D eigenvalue weighted by molar-refractivity contribution is 7.90. The summed E-state index contributed by atoms with van der Waals surface area (Å²) in [6.45, 7) is 3.63. The molecule has 0 aromatic heterocycles. The van der Waals surface area contributed by atoms with Crippen LogP contribution in [0.5, 0.6) is 11.5 Å². The van der Waals surface area contributed by atoms with Crippen LogP contribution < -0.4 is 9.47 Å². The Morgan fingerprint density at radius 1 is 0.595 bits per heavy atom. The smallest absolute Gasteiger partial charge is 0.419 e. The van der Waals surface area contributed by atoms with E-state index in [1.165, 1.54) is 40.3 Å². The first-order valence-corrected chi connectivity index (χ1v) is 30.3. The lowest BCUT2D eigenvalue weighted by atomic mass is 9.93. The summed E-state index contributed by atoms with van der Waals surface area (Å²) in [5.41, 5.74) is -0.902. The Morgan fingerprint density at radius 3 is 1.36 bits per heavy atom. The van der Waals surface area contributed by atoms with Crippen molar-refractivity contribution in [2.45, 2.75) is 86.5 Å². The fourth-order valence-corrected chi connectivity index (χ4v) is 14.2. The van der Waals surface area contributed by atoms with Gasteiger partial charge >= 0.3 is 12.4 Å². The number of halogens is 10. The van der Waals surface area contributed by atoms with Crippen LogP contribution in [0.4, 0.5) is 26.3 Å². The van der Waals surface area contributed by atoms with E-state index in [0.29, 0.717) is 78.1 Å². The molecular formula is C58H63Cl4F6N7O8S. The van der Waals surface area contributed by atoms with Crippen molar-refractivity contribution in [3.8, 4) is 17.6 Å². The molecule has 0 N–H and O–H groups in total. The number of carbonyl (C=O) groups excluding carboxylic acids is 4. The number of amides is 4. The van der Waals surface area contributed by atoms with Crippen molar-refractivity contribution in [1.82, 2.24) is 28.8 Å². The van der Waals surface area contributed by atoms with Crippen molar-refractivity contribution in [3.05, 3.63) is 126 Å². The maximum Gasteiger partial charge on any atom is 0.419 e. The molecule has 4 atom stereocenters. The monoisotopic (exact) mass is 1270 g/mol. The van der Waals surface area contributed by atoms with Gasteiger partial charge in [-0.1, -0.05) is 58.5 Å². The maximum atomic E-state index is 13.7. The van der Waals surface area contributed by atoms with Gasteiger partial charge in [0, 0.05) is 101 Å². The summed E-state index contributed by atoms with van der Waals surface area (Å²) in [4.78, 5) is 62.8. The van der Waals surface area contributed by atoms with E-state index in [1.807, 2.05) is 0 Å². The summed E-state index contributed by atoms with van der Waals surface area (Å²) in [5, 5.41) is 9.87. The lowest BCUT2D eigenvalue weighted by Crippen LogP contribution is -2.46. The Bertz CT molecular complexity index is 3260. The molecule has 9 rings (SSSR count). The third-order valence-corrected chi connectivity index (χ3v) is 20.5. The molecule has 454 valence electrons. The van der Waals surface area contributed by atoms with Gasteiger partial charge in [-0.25, -0.2) is 12.7 Å². The average molecular weight is 1270 g/mol. The minimum atomic E-state index is -4.73. The fourth-order valence-electron chi connectivity index (χ4n) is 11.8. The molecule has 4 heterocycles. The molecule has 0 bridgehead atoms. The standard InChI is InChI=1S/C29H31Cl2F3N4O3.C29H32Cl2F3N3O5S/c1-36(27(39)20-5-7-26(41-2)22(14-20)29(32,33)34)25-17-38(16-21(25)19-4-6-23(30)24(31)15-19)28(40)18-8-12-37(13-9-18)11-3-10-35;1-35(27(38)19-4-8-26(42-2)22(13-19)29(32,33)34)25-16-36(15-21(25)18-3-7-23(30)24(31)14-18)28(39)17-9-11-37(12-10-17)43(40,41)20-5-6-20/h4-7,14-15,18,21,25H,3,8-9,11-13,16-17H2,1-2H3;3-4,7-8,13-14,17,20-21,25H,5-6,9-12,15-16H2,1-2H3. The van der Waals surface area contributed by atoms with E-state index >= 15 is 0 Å². The molecular weight excluding hydrogens is 1210 g/mol. The lowest BCUT2D eigenvalue weighted by Gasteiger charge is -2.33. The zero-order valence-corrected chi connectivity index (χ0v) is 50.2. The SMILES string of the molecule is COc1ccc(C(=O)N(C)C2CN(C(=O)C3CCN(CCC#N)CC3)CC2c2ccc(Cl)c(Cl)c2)cc1C(F)(F)F.COc1ccc(C(=O)N(C)C2CN(C(=O)C3CCN(S(=O)(=O)C4CC4)CC3)CC2c2ccc(Cl)c(Cl)c2)cc1C(F)(F)F. The summed E-state index contributed by atoms with van der Waals surface area (Å²) in [5.74, 6) is -3.46. The van der Waals surface area contributed by atoms with E-state index in [-0.39, 0.29) is 84.4 Å². The summed E-state index contributed by atoms with van der Waals surface area (Å²) in [6, 6.07) is 17.6. The molecule has 1 saturated carbocycles. The number of hydrogen-bond donors (Lipinski definition) is 0. The summed E-state index contributed by atoms with van der Waals surface area (Å²) >= 11 is 24.9. The Morgan fingerprint density at radius 2 is 1.00 bits per heavy atom. The molecule has 4 aliphatic heterocycles. The van der Waals surface area contributed by atoms with Crippen LogP contribution in [-0.2, 0) is 32.0 Å². The Labute approximate surface area is 504 Å². The van der Waals surface area contributed by atoms with Crippen LogP contribution in [0.15, 0.2) is 72.8 Å². The number of piperidine rings is 2. The molecule has 1 aliphatic carbocycles. The number of hydrogen-bond acceptors (Lipinski definition) is 10. The predicted octanol–water partition coefficient (Wildman–Crippen LogP) is 11.0. The van der Waals surface area contributed by atoms with Gasteiger partial charge in [0.25, 0.3) is 11.8 Å². The number of alkyl halides is 6. The highest BCUT2D eigenvalue weighted by atomic mass is 35.5. The molecule has 4 saturated heterocycles. The minimum Gasteiger partial charge on any atom is -0.496 e. The van der Waals surface area contributed by atoms with Gasteiger partial charge in [-0.3, -0.25) is 19.2 Å². The van der Waals surface area contributed by atoms with Crippen LogP contribution >= 0.6 is 46.4 Å². The zero-order valence-electron chi connectivity index (χ0n) is 46.4. The van der Waals surface area contributed by atoms with E-state index in [4.69, 9.17) is 61.1 Å². The average Bonchev–Trinajstić information content (AvgIpc) is 2.67. The first-order chi connectivity index (χ1) is 39.7. The number of benzene rings is 4. The van der Waals surface area contributed by atoms with Gasteiger partial charge in [0.1, 0.15) is 11.5 Å². The molecule has 84 heavy (non-hydrogen) atoms. The number of rotatable bonds is 14. The number of likely N-dealkylation sites (tertiary alicyclic amines) is 3. The van der Waals surface area contributed by atoms with Gasteiger partial charge in [-0.05, 0) is 123 Å². The zero-order chi connectivity index (χ0) is 61.2. The topological polar surface area (TPSA) is 164 Å². The molecule has 5 fully saturated rings. The van der Waals surface area contributed by atoms with Crippen LogP contribution in [0.2, 0.25) is 20.1 Å². The summed E-state index contributed by atoms with van der Waals surface area (Å²) < 4.78 is 118. The van der Waals surface area contributed by atoms with Gasteiger partial charge in [0.2, 0.25) is 21.8 Å². The molecule has 0 spiro atoms. The third-order valence-electron chi connectivity index (χ3n) is 16.7. The Kier molecular flexibility index (Phi) is 20.4. The Hall–Kier alpha value is -5.54. The quantitative estimate of drug-likeness (QED) is 0.111. The van der Waals surface area contributed by atoms with Crippen molar-refractivity contribution in [3.63, 3.8) is 0 Å². The number of likely N-dealkylation sites (N-methyl/N-ethyl adjacent to an activating group) is 2. The number of ether oxygens (including phenoxy) is 2. The largest absolute Gasteiger partial charge is 0.496 e. The van der Waals surface area contributed by atoms with E-state index in [0.717, 1.165) is 62.7 Å². The molecule has 4 amide bonds. The van der Waals surface area contributed by atoms with Gasteiger partial charge in [-0.15, -0.1) is 0 Å². The second-order valence-corrected chi connectivity index (χ2v) is 25.6. The van der Waals surface area contributed by atoms with E-state index < -0.39 is 69.1 Å². The molecule has 4 aromatic carbocycles. The first-order valence-electron chi connectivity index (χ1n) is 27.3. The molecule has 15 nitrogen and oxygen atoms in total. The second-order valence-electron chi connectivity index (χ2n) is 21.8. The van der Waals surface area contributed by atoms with Crippen molar-refractivity contribution in [2.24, 2.45) is 11.8 Å². The number of nitriles is 1. The lowest BCUT2D eigenvalue weighted by molar-refractivity contribution is -0.139. The molecule has 0 radical (unpaired) electrons. The summed E-state index contributed by atoms with van der Waals surface area (Å²) in [6.07, 6.45) is -5.52. The van der Waals surface area contributed by atoms with Crippen molar-refractivity contribution < 1.29 is 63.4 Å². The number of carbonyl (C=O) groups is 4. The number of sulfonamides is 1. The van der Waals surface area contributed by atoms with Crippen LogP contribution in [0, 0.1) is 23.2 Å². The van der Waals surface area contributed by atoms with Crippen molar-refractivity contribution in [2.75, 3.05) is 87.2 Å². The van der Waals surface area contributed by atoms with Crippen molar-refractivity contribution in [1.29, 1.82) is 5.26 Å². The van der Waals surface area contributed by atoms with E-state index in [9.17, 15) is 53.9 Å². The van der Waals surface area contributed by atoms with E-state index in [2.05, 4.69) is 11.0 Å². The molecule has 4 unspecified atom stereocenters. The highest BCUT2D eigenvalue weighted by Gasteiger charge is 2.47. The van der Waals surface area contributed by atoms with Gasteiger partial charge < -0.3 is 34.0 Å². The van der Waals surface area contributed by atoms with Gasteiger partial charge in [0.15, 0.2) is 0 Å². The molecule has 4 aromatic rings. The second kappa shape index (κ2) is 26.6. The summed E-state index contributed by atoms with van der Waals surface area (Å²) in [7, 11) is 1.99. The van der Waals surface area contributed by atoms with Crippen molar-refractivity contribution >= 4 is 80.1 Å². The van der Waals surface area contributed by atoms with Gasteiger partial charge in [0.05, 0.1) is 68.8 Å². The Balaban J connectivity index is 0.000000219. The molecule has 5 aliphatic rings. The first kappa shape index (κ1) is 64.5. The van der Waals surface area contributed by atoms with Crippen LogP contribution in [0.1, 0.15) is 99.8 Å². The number of nitrogens with zero attached hydrogens (tertiary/aromatic N) is 7. The normalized spacial score (nSPS) is 21.1. The van der Waals surface area contributed by atoms with Crippen LogP contribution in [0.3, 0.4) is 0 Å². The van der Waals surface area contributed by atoms with E-state index in [1.54, 1.807) is 46.2 Å². The maximum absolute atomic E-state index is 13.7. The third kappa shape index (κ3) is 14.5. The molecule has 26 heteroatoms. The fraction of sp³-hybridized carbons (Fsp3) is 0.500. The minimum absolute atomic E-state index is 0.0119. The van der Waals surface area contributed by atoms with Crippen LogP contribution in [-0.4, -0.2) is 165 Å². The van der Waals surface area contributed by atoms with Crippen LogP contribution in [0.25, 0.3) is 0 Å².